The van der Waals surface area contributed by atoms with Crippen LogP contribution < -0.4 is 47.3 Å². The SMILES string of the molecule is COc1cc(=O)c2c(=O)c3c(c(=O)c=2c1=O)=C(O)[C@]1(CCc2c1c(O)c1c(=O)[nH]c(/C=N/OCCCN4CCN(c5cccc(Cl)c5)CC4)cc1c2Cl)C=3O. The van der Waals surface area contributed by atoms with Crippen LogP contribution in [0.4, 0.5) is 5.69 Å². The molecule has 1 aromatic heterocycles. The predicted molar refractivity (Wildman–Crippen MR) is 207 cm³/mol. The molecular formula is C39H32Cl2N4O10. The molecule has 2 aromatic carbocycles. The molecule has 1 atom stereocenters. The van der Waals surface area contributed by atoms with Crippen LogP contribution in [-0.4, -0.2) is 77.9 Å². The van der Waals surface area contributed by atoms with Crippen LogP contribution in [-0.2, 0) is 16.7 Å². The van der Waals surface area contributed by atoms with E-state index < -0.39 is 76.6 Å². The van der Waals surface area contributed by atoms with Crippen molar-refractivity contribution in [2.45, 2.75) is 24.7 Å². The summed E-state index contributed by atoms with van der Waals surface area (Å²) in [5.41, 5.74) is -5.79. The first-order valence-electron chi connectivity index (χ1n) is 17.4. The van der Waals surface area contributed by atoms with Crippen LogP contribution in [0.2, 0.25) is 10.0 Å². The lowest BCUT2D eigenvalue weighted by molar-refractivity contribution is 0.128. The molecule has 0 unspecified atom stereocenters. The highest BCUT2D eigenvalue weighted by atomic mass is 35.5. The minimum Gasteiger partial charge on any atom is -0.510 e. The maximum atomic E-state index is 13.7. The summed E-state index contributed by atoms with van der Waals surface area (Å²) in [5, 5.41) is 36.8. The molecule has 3 aromatic rings. The number of phenolic OH excluding ortho intramolecular Hbond substituents is 1. The van der Waals surface area contributed by atoms with E-state index in [4.69, 9.17) is 32.8 Å². The number of oxime groups is 1. The predicted octanol–water partition coefficient (Wildman–Crippen LogP) is 1.38. The molecule has 55 heavy (non-hydrogen) atoms. The van der Waals surface area contributed by atoms with Crippen molar-refractivity contribution in [2.24, 2.45) is 5.16 Å². The van der Waals surface area contributed by atoms with Crippen LogP contribution in [0, 0.1) is 10.4 Å². The first-order valence-corrected chi connectivity index (χ1v) is 18.2. The maximum absolute atomic E-state index is 13.7. The fourth-order valence-corrected chi connectivity index (χ4v) is 8.81. The molecular weight excluding hydrogens is 755 g/mol. The number of H-pyrrole nitrogens is 1. The first kappa shape index (κ1) is 36.3. The molecule has 0 saturated carbocycles. The Kier molecular flexibility index (Phi) is 8.94. The molecule has 1 saturated heterocycles. The Balaban J connectivity index is 1.06. The zero-order chi connectivity index (χ0) is 38.9. The average Bonchev–Trinajstić information content (AvgIpc) is 3.68. The second kappa shape index (κ2) is 13.6. The second-order valence-corrected chi connectivity index (χ2v) is 14.6. The number of ether oxygens (including phenoxy) is 1. The topological polar surface area (TPSA) is 199 Å². The molecule has 14 nitrogen and oxygen atoms in total. The number of halogens is 2. The molecule has 0 bridgehead atoms. The van der Waals surface area contributed by atoms with Gasteiger partial charge in [-0.25, -0.2) is 0 Å². The van der Waals surface area contributed by atoms with Gasteiger partial charge in [-0.15, -0.1) is 0 Å². The Morgan fingerprint density at radius 1 is 0.909 bits per heavy atom. The number of methoxy groups -OCH3 is 1. The standard InChI is InChI=1S/C39H32Cl2N4O10/c1-54-24-16-23(46)26-27(32(24)47)34(49)29-28(33(26)48)36(51)39(37(29)52)7-6-21-30(39)35(50)25-22(31(21)41)15-19(43-38(25)53)17-42-55-13-3-8-44-9-11-45(12-10-44)20-5-2-4-18(40)14-20/h2,4-5,14-17,50-52H,3,6-13H2,1H3,(H,43,53)/b42-17+/t39-/m0/s1. The number of hydrogen-bond acceptors (Lipinski definition) is 13. The normalized spacial score (nSPS) is 18.3. The molecule has 4 N–H and O–H groups in total. The Labute approximate surface area is 319 Å². The van der Waals surface area contributed by atoms with Gasteiger partial charge in [-0.1, -0.05) is 34.4 Å². The van der Waals surface area contributed by atoms with Gasteiger partial charge < -0.3 is 34.8 Å². The number of benzene rings is 2. The molecule has 5 aliphatic rings. The van der Waals surface area contributed by atoms with Crippen molar-refractivity contribution in [3.63, 3.8) is 0 Å². The van der Waals surface area contributed by atoms with Crippen LogP contribution in [0.3, 0.4) is 0 Å². The van der Waals surface area contributed by atoms with Gasteiger partial charge in [0, 0.05) is 60.4 Å². The smallest absolute Gasteiger partial charge is 0.260 e. The number of hydrogen-bond donors (Lipinski definition) is 4. The van der Waals surface area contributed by atoms with E-state index in [1.807, 2.05) is 24.3 Å². The zero-order valence-electron chi connectivity index (χ0n) is 29.2. The van der Waals surface area contributed by atoms with E-state index in [9.17, 15) is 39.3 Å². The molecule has 1 spiro atoms. The Morgan fingerprint density at radius 3 is 2.31 bits per heavy atom. The van der Waals surface area contributed by atoms with Crippen molar-refractivity contribution < 1.29 is 24.9 Å². The number of aromatic nitrogens is 1. The number of nitrogens with one attached hydrogen (secondary N) is 1. The van der Waals surface area contributed by atoms with E-state index in [1.165, 1.54) is 12.3 Å². The third-order valence-corrected chi connectivity index (χ3v) is 11.6. The number of piperazine rings is 1. The first-order chi connectivity index (χ1) is 26.4. The molecule has 0 amide bonds. The minimum absolute atomic E-state index is 0.0247. The van der Waals surface area contributed by atoms with Crippen molar-refractivity contribution >= 4 is 57.4 Å². The highest BCUT2D eigenvalue weighted by molar-refractivity contribution is 6.37. The van der Waals surface area contributed by atoms with Gasteiger partial charge >= 0.3 is 0 Å². The van der Waals surface area contributed by atoms with Gasteiger partial charge in [0.25, 0.3) is 5.56 Å². The van der Waals surface area contributed by atoms with Crippen molar-refractivity contribution in [1.82, 2.24) is 9.88 Å². The second-order valence-electron chi connectivity index (χ2n) is 13.8. The van der Waals surface area contributed by atoms with Crippen molar-refractivity contribution in [1.29, 1.82) is 0 Å². The summed E-state index contributed by atoms with van der Waals surface area (Å²) in [6.07, 6.45) is 1.88. The molecule has 8 rings (SSSR count). The number of phenols is 1. The van der Waals surface area contributed by atoms with Gasteiger partial charge in [-0.2, -0.15) is 0 Å². The summed E-state index contributed by atoms with van der Waals surface area (Å²) in [4.78, 5) is 79.6. The number of aliphatic hydroxyl groups excluding tert-OH is 2. The van der Waals surface area contributed by atoms with Gasteiger partial charge in [-0.05, 0) is 49.1 Å². The number of aliphatic hydroxyl groups is 2. The molecule has 16 heteroatoms. The summed E-state index contributed by atoms with van der Waals surface area (Å²) >= 11 is 13.0. The fourth-order valence-electron chi connectivity index (χ4n) is 8.28. The Hall–Kier alpha value is -5.70. The number of aromatic hydroxyl groups is 1. The van der Waals surface area contributed by atoms with Crippen LogP contribution in [0.15, 0.2) is 65.5 Å². The molecule has 282 valence electrons. The molecule has 0 radical (unpaired) electrons. The quantitative estimate of drug-likeness (QED) is 0.100. The van der Waals surface area contributed by atoms with Crippen molar-refractivity contribution in [3.05, 3.63) is 135 Å². The van der Waals surface area contributed by atoms with Gasteiger partial charge in [0.15, 0.2) is 11.2 Å². The lowest BCUT2D eigenvalue weighted by Gasteiger charge is -2.36. The van der Waals surface area contributed by atoms with Crippen LogP contribution >= 0.6 is 23.2 Å². The third kappa shape index (κ3) is 5.49. The average molecular weight is 788 g/mol. The highest BCUT2D eigenvalue weighted by Gasteiger charge is 2.53. The summed E-state index contributed by atoms with van der Waals surface area (Å²) in [5.74, 6) is -2.75. The number of pyridine rings is 1. The van der Waals surface area contributed by atoms with E-state index in [2.05, 4.69) is 19.9 Å². The maximum Gasteiger partial charge on any atom is 0.260 e. The molecule has 1 fully saturated rings. The van der Waals surface area contributed by atoms with Gasteiger partial charge in [-0.3, -0.25) is 28.9 Å². The third-order valence-electron chi connectivity index (χ3n) is 10.9. The van der Waals surface area contributed by atoms with E-state index in [0.717, 1.165) is 58.0 Å². The number of rotatable bonds is 8. The van der Waals surface area contributed by atoms with Gasteiger partial charge in [0.05, 0.1) is 50.3 Å². The number of anilines is 1. The molecule has 4 aliphatic carbocycles. The largest absolute Gasteiger partial charge is 0.510 e. The van der Waals surface area contributed by atoms with Crippen molar-refractivity contribution in [3.8, 4) is 11.5 Å². The van der Waals surface area contributed by atoms with Crippen LogP contribution in [0.25, 0.3) is 22.3 Å². The minimum atomic E-state index is -2.07. The lowest BCUT2D eigenvalue weighted by Crippen LogP contribution is -2.51. The van der Waals surface area contributed by atoms with Crippen molar-refractivity contribution in [2.75, 3.05) is 51.3 Å². The number of nitrogens with zero attached hydrogens (tertiary/aromatic N) is 3. The van der Waals surface area contributed by atoms with Crippen LogP contribution in [0.1, 0.15) is 29.7 Å². The Bertz CT molecular complexity index is 2970. The Morgan fingerprint density at radius 2 is 1.62 bits per heavy atom. The lowest BCUT2D eigenvalue weighted by atomic mass is 9.78. The van der Waals surface area contributed by atoms with E-state index >= 15 is 0 Å². The fraction of sp³-hybridized carbons (Fsp3) is 0.282. The van der Waals surface area contributed by atoms with Crippen LogP contribution in [0.5, 0.6) is 11.5 Å². The van der Waals surface area contributed by atoms with Gasteiger partial charge in [0.2, 0.25) is 16.3 Å². The summed E-state index contributed by atoms with van der Waals surface area (Å²) in [7, 11) is 1.11. The molecule has 2 heterocycles. The van der Waals surface area contributed by atoms with Gasteiger partial charge in [0.1, 0.15) is 29.3 Å². The monoisotopic (exact) mass is 786 g/mol. The van der Waals surface area contributed by atoms with E-state index in [0.29, 0.717) is 11.6 Å². The molecule has 1 aliphatic heterocycles. The number of fused-ring (bicyclic) bond motifs is 4. The summed E-state index contributed by atoms with van der Waals surface area (Å²) in [6.45, 7) is 4.69. The zero-order valence-corrected chi connectivity index (χ0v) is 30.7. The van der Waals surface area contributed by atoms with E-state index in [1.54, 1.807) is 0 Å². The number of aromatic amines is 1. The van der Waals surface area contributed by atoms with E-state index in [-0.39, 0.29) is 45.5 Å². The summed E-state index contributed by atoms with van der Waals surface area (Å²) in [6, 6.07) is 10.1. The summed E-state index contributed by atoms with van der Waals surface area (Å²) < 4.78 is 4.92. The highest BCUT2D eigenvalue weighted by Crippen LogP contribution is 2.56.